The molecular formula is C33H65NO3. The molecule has 37 heavy (non-hydrogen) atoms. The molecule has 0 amide bonds. The smallest absolute Gasteiger partial charge is 0.187 e. The lowest BCUT2D eigenvalue weighted by Gasteiger charge is -2.17. The Bertz CT molecular complexity index is 518. The van der Waals surface area contributed by atoms with Gasteiger partial charge in [0.05, 0.1) is 13.2 Å². The molecule has 0 radical (unpaired) electrons. The van der Waals surface area contributed by atoms with Crippen molar-refractivity contribution in [3.63, 3.8) is 0 Å². The molecule has 0 saturated carbocycles. The number of aliphatic hydroxyl groups excluding tert-OH is 2. The fourth-order valence-corrected chi connectivity index (χ4v) is 5.61. The summed E-state index contributed by atoms with van der Waals surface area (Å²) in [6.07, 6.45) is 33.8. The summed E-state index contributed by atoms with van der Waals surface area (Å²) in [7, 11) is 0. The maximum Gasteiger partial charge on any atom is 0.187 e. The number of unbranched alkanes of at least 4 members (excludes halogenated alkanes) is 21. The van der Waals surface area contributed by atoms with Gasteiger partial charge in [-0.15, -0.1) is 0 Å². The third-order valence-corrected chi connectivity index (χ3v) is 8.34. The van der Waals surface area contributed by atoms with Gasteiger partial charge in [0.15, 0.2) is 5.90 Å². The highest BCUT2D eigenvalue weighted by Gasteiger charge is 2.37. The Morgan fingerprint density at radius 2 is 0.892 bits per heavy atom. The summed E-state index contributed by atoms with van der Waals surface area (Å²) in [6.45, 7) is 4.59. The van der Waals surface area contributed by atoms with Crippen molar-refractivity contribution in [1.82, 2.24) is 0 Å². The standard InChI is InChI=1S/C33H65NO3/c1-3-5-7-9-11-12-13-14-15-16-17-18-19-20-21-23-25-27-31(26-24-22-10-8-6-4-2)32-34-33(28-35,29-36)30-37-32/h31,35-36H,3-30H2,1-2H3. The Labute approximate surface area is 231 Å². The Morgan fingerprint density at radius 3 is 1.19 bits per heavy atom. The number of aliphatic hydroxyl groups is 2. The maximum atomic E-state index is 9.70. The molecule has 0 saturated heterocycles. The third kappa shape index (κ3) is 17.6. The van der Waals surface area contributed by atoms with E-state index >= 15 is 0 Å². The summed E-state index contributed by atoms with van der Waals surface area (Å²) in [5, 5.41) is 19.4. The Hall–Kier alpha value is -0.610. The maximum absolute atomic E-state index is 9.70. The Balaban J connectivity index is 2.10. The van der Waals surface area contributed by atoms with Gasteiger partial charge in [-0.2, -0.15) is 0 Å². The number of aliphatic imine (C=N–C) groups is 1. The highest BCUT2D eigenvalue weighted by Crippen LogP contribution is 2.28. The predicted octanol–water partition coefficient (Wildman–Crippen LogP) is 9.55. The molecule has 0 fully saturated rings. The van der Waals surface area contributed by atoms with Gasteiger partial charge < -0.3 is 14.9 Å². The van der Waals surface area contributed by atoms with E-state index in [0.717, 1.165) is 18.7 Å². The van der Waals surface area contributed by atoms with E-state index in [1.165, 1.54) is 148 Å². The molecule has 1 heterocycles. The molecule has 220 valence electrons. The lowest BCUT2D eigenvalue weighted by atomic mass is 9.93. The van der Waals surface area contributed by atoms with E-state index in [1.807, 2.05) is 0 Å². The highest BCUT2D eigenvalue weighted by molar-refractivity contribution is 5.80. The molecule has 1 aliphatic heterocycles. The van der Waals surface area contributed by atoms with Gasteiger partial charge in [-0.25, -0.2) is 4.99 Å². The van der Waals surface area contributed by atoms with Crippen LogP contribution in [0.5, 0.6) is 0 Å². The van der Waals surface area contributed by atoms with Gasteiger partial charge in [0.25, 0.3) is 0 Å². The zero-order chi connectivity index (χ0) is 26.9. The quantitative estimate of drug-likeness (QED) is 0.100. The lowest BCUT2D eigenvalue weighted by molar-refractivity contribution is 0.0965. The van der Waals surface area contributed by atoms with Crippen LogP contribution in [0.1, 0.15) is 174 Å². The predicted molar refractivity (Wildman–Crippen MR) is 161 cm³/mol. The number of hydrogen-bond donors (Lipinski definition) is 2. The molecule has 0 aromatic heterocycles. The minimum Gasteiger partial charge on any atom is -0.478 e. The van der Waals surface area contributed by atoms with Crippen molar-refractivity contribution in [2.75, 3.05) is 19.8 Å². The number of hydrogen-bond acceptors (Lipinski definition) is 4. The largest absolute Gasteiger partial charge is 0.478 e. The fourth-order valence-electron chi connectivity index (χ4n) is 5.61. The zero-order valence-electron chi connectivity index (χ0n) is 25.1. The molecule has 0 bridgehead atoms. The van der Waals surface area contributed by atoms with E-state index < -0.39 is 5.54 Å². The van der Waals surface area contributed by atoms with Gasteiger partial charge in [-0.1, -0.05) is 162 Å². The first-order valence-corrected chi connectivity index (χ1v) is 16.7. The molecule has 0 spiro atoms. The van der Waals surface area contributed by atoms with E-state index in [9.17, 15) is 10.2 Å². The number of rotatable bonds is 28. The van der Waals surface area contributed by atoms with Crippen molar-refractivity contribution in [1.29, 1.82) is 0 Å². The monoisotopic (exact) mass is 523 g/mol. The summed E-state index contributed by atoms with van der Waals surface area (Å²) in [4.78, 5) is 4.67. The fraction of sp³-hybridized carbons (Fsp3) is 0.970. The molecule has 4 heteroatoms. The van der Waals surface area contributed by atoms with E-state index in [2.05, 4.69) is 18.8 Å². The average Bonchev–Trinajstić information content (AvgIpc) is 3.36. The second kappa shape index (κ2) is 24.4. The van der Waals surface area contributed by atoms with E-state index in [0.29, 0.717) is 12.5 Å². The van der Waals surface area contributed by atoms with Gasteiger partial charge in [-0.05, 0) is 12.8 Å². The summed E-state index contributed by atoms with van der Waals surface area (Å²) >= 11 is 0. The minimum absolute atomic E-state index is 0.143. The zero-order valence-corrected chi connectivity index (χ0v) is 25.1. The van der Waals surface area contributed by atoms with Crippen LogP contribution >= 0.6 is 0 Å². The summed E-state index contributed by atoms with van der Waals surface area (Å²) < 4.78 is 5.92. The molecule has 0 aliphatic carbocycles. The molecule has 1 unspecified atom stereocenters. The normalized spacial score (nSPS) is 15.6. The van der Waals surface area contributed by atoms with Gasteiger partial charge in [0.2, 0.25) is 0 Å². The first-order valence-electron chi connectivity index (χ1n) is 16.7. The van der Waals surface area contributed by atoms with Gasteiger partial charge in [0, 0.05) is 5.92 Å². The second-order valence-corrected chi connectivity index (χ2v) is 12.0. The summed E-state index contributed by atoms with van der Waals surface area (Å²) in [5.41, 5.74) is -0.817. The minimum atomic E-state index is -0.817. The van der Waals surface area contributed by atoms with Crippen molar-refractivity contribution < 1.29 is 14.9 Å². The van der Waals surface area contributed by atoms with Crippen LogP contribution in [0.3, 0.4) is 0 Å². The molecule has 4 nitrogen and oxygen atoms in total. The van der Waals surface area contributed by atoms with Crippen LogP contribution in [0.2, 0.25) is 0 Å². The van der Waals surface area contributed by atoms with Crippen LogP contribution < -0.4 is 0 Å². The topological polar surface area (TPSA) is 62.1 Å². The van der Waals surface area contributed by atoms with Crippen molar-refractivity contribution in [3.8, 4) is 0 Å². The molecule has 1 aliphatic rings. The molecule has 1 rings (SSSR count). The van der Waals surface area contributed by atoms with Crippen LogP contribution in [0.25, 0.3) is 0 Å². The van der Waals surface area contributed by atoms with Crippen LogP contribution in [-0.2, 0) is 4.74 Å². The molecular weight excluding hydrogens is 458 g/mol. The van der Waals surface area contributed by atoms with Crippen LogP contribution in [0.15, 0.2) is 4.99 Å². The molecule has 0 aromatic carbocycles. The van der Waals surface area contributed by atoms with Crippen molar-refractivity contribution in [2.24, 2.45) is 10.9 Å². The van der Waals surface area contributed by atoms with Crippen molar-refractivity contribution in [2.45, 2.75) is 180 Å². The van der Waals surface area contributed by atoms with Crippen LogP contribution in [-0.4, -0.2) is 41.5 Å². The Kier molecular flexibility index (Phi) is 22.7. The van der Waals surface area contributed by atoms with Crippen molar-refractivity contribution in [3.05, 3.63) is 0 Å². The second-order valence-electron chi connectivity index (χ2n) is 12.0. The van der Waals surface area contributed by atoms with Crippen molar-refractivity contribution >= 4 is 5.90 Å². The average molecular weight is 524 g/mol. The lowest BCUT2D eigenvalue weighted by Crippen LogP contribution is -2.37. The molecule has 2 N–H and O–H groups in total. The first kappa shape index (κ1) is 34.4. The molecule has 0 aromatic rings. The SMILES string of the molecule is CCCCCCCCCCCCCCCCCCCC(CCCCCCCC)C1=NC(CO)(CO)CO1. The summed E-state index contributed by atoms with van der Waals surface area (Å²) in [6, 6.07) is 0. The molecule has 1 atom stereocenters. The third-order valence-electron chi connectivity index (χ3n) is 8.34. The van der Waals surface area contributed by atoms with Gasteiger partial charge in [-0.3, -0.25) is 0 Å². The van der Waals surface area contributed by atoms with Crippen LogP contribution in [0.4, 0.5) is 0 Å². The Morgan fingerprint density at radius 1 is 0.568 bits per heavy atom. The summed E-state index contributed by atoms with van der Waals surface area (Å²) in [5.74, 6) is 1.15. The van der Waals surface area contributed by atoms with E-state index in [1.54, 1.807) is 0 Å². The highest BCUT2D eigenvalue weighted by atomic mass is 16.5. The van der Waals surface area contributed by atoms with Gasteiger partial charge in [0.1, 0.15) is 12.1 Å². The van der Waals surface area contributed by atoms with Gasteiger partial charge >= 0.3 is 0 Å². The first-order chi connectivity index (χ1) is 18.2. The van der Waals surface area contributed by atoms with E-state index in [4.69, 9.17) is 4.74 Å². The number of ether oxygens (including phenoxy) is 1. The van der Waals surface area contributed by atoms with E-state index in [-0.39, 0.29) is 13.2 Å². The number of nitrogens with zero attached hydrogens (tertiary/aromatic N) is 1. The van der Waals surface area contributed by atoms with Crippen LogP contribution in [0, 0.1) is 5.92 Å².